The van der Waals surface area contributed by atoms with Crippen LogP contribution in [-0.2, 0) is 10.0 Å². The number of carbonyl (C=O) groups excluding carboxylic acids is 1. The van der Waals surface area contributed by atoms with Crippen LogP contribution in [0.1, 0.15) is 28.8 Å². The first-order chi connectivity index (χ1) is 13.2. The van der Waals surface area contributed by atoms with Gasteiger partial charge in [0.15, 0.2) is 0 Å². The van der Waals surface area contributed by atoms with E-state index in [4.69, 9.17) is 5.14 Å². The van der Waals surface area contributed by atoms with Crippen molar-refractivity contribution < 1.29 is 18.1 Å². The number of nitrogens with one attached hydrogen (secondary N) is 1. The number of nitro groups is 1. The molecule has 1 amide bonds. The molecule has 1 saturated heterocycles. The second-order valence-electron chi connectivity index (χ2n) is 6.63. The van der Waals surface area contributed by atoms with Gasteiger partial charge in [-0.2, -0.15) is 0 Å². The van der Waals surface area contributed by atoms with Gasteiger partial charge in [0.25, 0.3) is 11.6 Å². The minimum atomic E-state index is -3.94. The number of nitrogens with zero attached hydrogens (tertiary/aromatic N) is 2. The maximum absolute atomic E-state index is 12.5. The van der Waals surface area contributed by atoms with Crippen molar-refractivity contribution in [2.24, 2.45) is 5.14 Å². The van der Waals surface area contributed by atoms with E-state index >= 15 is 0 Å². The average Bonchev–Trinajstić information content (AvgIpc) is 3.16. The van der Waals surface area contributed by atoms with Crippen molar-refractivity contribution in [3.05, 3.63) is 57.6 Å². The topological polar surface area (TPSA) is 136 Å². The molecule has 10 heteroatoms. The Labute approximate surface area is 162 Å². The normalized spacial score (nSPS) is 14.1. The summed E-state index contributed by atoms with van der Waals surface area (Å²) in [6.45, 7) is 3.07. The number of sulfonamides is 1. The predicted octanol–water partition coefficient (Wildman–Crippen LogP) is 2.40. The summed E-state index contributed by atoms with van der Waals surface area (Å²) in [5.74, 6) is -0.583. The number of nitro benzene ring substituents is 1. The Morgan fingerprint density at radius 2 is 1.86 bits per heavy atom. The quantitative estimate of drug-likeness (QED) is 0.580. The van der Waals surface area contributed by atoms with Crippen molar-refractivity contribution in [1.82, 2.24) is 0 Å². The lowest BCUT2D eigenvalue weighted by atomic mass is 10.1. The summed E-state index contributed by atoms with van der Waals surface area (Å²) in [5, 5.41) is 19.2. The third-order valence-electron chi connectivity index (χ3n) is 4.63. The Bertz CT molecular complexity index is 1050. The Balaban J connectivity index is 1.89. The first kappa shape index (κ1) is 19.8. The van der Waals surface area contributed by atoms with Gasteiger partial charge in [-0.15, -0.1) is 0 Å². The SMILES string of the molecule is Cc1ccc(NC(=O)c2ccc(N3CCCC3)c([N+](=O)[O-])c2)cc1S(N)(=O)=O. The summed E-state index contributed by atoms with van der Waals surface area (Å²) in [4.78, 5) is 25.3. The zero-order valence-electron chi connectivity index (χ0n) is 15.2. The monoisotopic (exact) mass is 404 g/mol. The fraction of sp³-hybridized carbons (Fsp3) is 0.278. The largest absolute Gasteiger partial charge is 0.366 e. The van der Waals surface area contributed by atoms with Crippen LogP contribution in [0, 0.1) is 17.0 Å². The smallest absolute Gasteiger partial charge is 0.293 e. The lowest BCUT2D eigenvalue weighted by molar-refractivity contribution is -0.384. The van der Waals surface area contributed by atoms with E-state index < -0.39 is 20.9 Å². The first-order valence-corrected chi connectivity index (χ1v) is 10.2. The van der Waals surface area contributed by atoms with Crippen molar-refractivity contribution in [2.45, 2.75) is 24.7 Å². The minimum absolute atomic E-state index is 0.0966. The molecule has 2 aromatic rings. The van der Waals surface area contributed by atoms with Gasteiger partial charge in [0.1, 0.15) is 5.69 Å². The van der Waals surface area contributed by atoms with E-state index in [1.807, 2.05) is 4.90 Å². The molecule has 3 N–H and O–H groups in total. The van der Waals surface area contributed by atoms with Crippen LogP contribution >= 0.6 is 0 Å². The van der Waals surface area contributed by atoms with Crippen molar-refractivity contribution in [2.75, 3.05) is 23.3 Å². The van der Waals surface area contributed by atoms with E-state index in [0.29, 0.717) is 11.3 Å². The minimum Gasteiger partial charge on any atom is -0.366 e. The number of benzene rings is 2. The molecule has 0 spiro atoms. The molecule has 0 aromatic heterocycles. The second-order valence-corrected chi connectivity index (χ2v) is 8.16. The highest BCUT2D eigenvalue weighted by Gasteiger charge is 2.24. The molecule has 9 nitrogen and oxygen atoms in total. The molecule has 148 valence electrons. The number of nitrogens with two attached hydrogens (primary N) is 1. The lowest BCUT2D eigenvalue weighted by Gasteiger charge is -2.18. The standard InChI is InChI=1S/C18H20N4O5S/c1-12-4-6-14(11-17(12)28(19,26)27)20-18(23)13-5-7-15(16(10-13)22(24)25)21-8-2-3-9-21/h4-7,10-11H,2-3,8-9H2,1H3,(H,20,23)(H2,19,26,27). The molecule has 0 bridgehead atoms. The highest BCUT2D eigenvalue weighted by molar-refractivity contribution is 7.89. The summed E-state index contributed by atoms with van der Waals surface area (Å²) < 4.78 is 23.3. The average molecular weight is 404 g/mol. The first-order valence-electron chi connectivity index (χ1n) is 8.65. The molecule has 28 heavy (non-hydrogen) atoms. The molecule has 0 atom stereocenters. The van der Waals surface area contributed by atoms with Gasteiger partial charge in [-0.25, -0.2) is 13.6 Å². The summed E-state index contributed by atoms with van der Waals surface area (Å²) in [6.07, 6.45) is 1.94. The Morgan fingerprint density at radius 1 is 1.18 bits per heavy atom. The molecule has 1 aliphatic heterocycles. The third-order valence-corrected chi connectivity index (χ3v) is 5.69. The lowest BCUT2D eigenvalue weighted by Crippen LogP contribution is -2.20. The van der Waals surface area contributed by atoms with E-state index in [2.05, 4.69) is 5.32 Å². The van der Waals surface area contributed by atoms with E-state index in [1.165, 1.54) is 30.3 Å². The number of hydrogen-bond donors (Lipinski definition) is 2. The summed E-state index contributed by atoms with van der Waals surface area (Å²) >= 11 is 0. The molecule has 1 aliphatic rings. The highest BCUT2D eigenvalue weighted by Crippen LogP contribution is 2.32. The van der Waals surface area contributed by atoms with E-state index in [-0.39, 0.29) is 21.8 Å². The van der Waals surface area contributed by atoms with Crippen LogP contribution in [0.25, 0.3) is 0 Å². The van der Waals surface area contributed by atoms with Crippen LogP contribution < -0.4 is 15.4 Å². The maximum Gasteiger partial charge on any atom is 0.293 e. The third kappa shape index (κ3) is 4.12. The van der Waals surface area contributed by atoms with Crippen LogP contribution in [0.5, 0.6) is 0 Å². The zero-order chi connectivity index (χ0) is 20.5. The molecular weight excluding hydrogens is 384 g/mol. The van der Waals surface area contributed by atoms with Gasteiger partial charge >= 0.3 is 0 Å². The van der Waals surface area contributed by atoms with Gasteiger partial charge in [0.05, 0.1) is 9.82 Å². The molecule has 0 radical (unpaired) electrons. The number of amides is 1. The Kier molecular flexibility index (Phi) is 5.34. The van der Waals surface area contributed by atoms with Gasteiger partial charge in [-0.05, 0) is 49.6 Å². The molecule has 1 heterocycles. The van der Waals surface area contributed by atoms with Crippen LogP contribution in [0.2, 0.25) is 0 Å². The van der Waals surface area contributed by atoms with Gasteiger partial charge < -0.3 is 10.2 Å². The number of hydrogen-bond acceptors (Lipinski definition) is 6. The van der Waals surface area contributed by atoms with Crippen molar-refractivity contribution >= 4 is 33.0 Å². The van der Waals surface area contributed by atoms with Crippen LogP contribution in [0.4, 0.5) is 17.1 Å². The van der Waals surface area contributed by atoms with Crippen LogP contribution in [-0.4, -0.2) is 32.3 Å². The number of primary sulfonamides is 1. The van der Waals surface area contributed by atoms with E-state index in [1.54, 1.807) is 13.0 Å². The van der Waals surface area contributed by atoms with Gasteiger partial charge in [0.2, 0.25) is 10.0 Å². The Morgan fingerprint density at radius 3 is 2.46 bits per heavy atom. The number of aryl methyl sites for hydroxylation is 1. The number of rotatable bonds is 5. The Hall–Kier alpha value is -2.98. The second kappa shape index (κ2) is 7.56. The molecule has 3 rings (SSSR count). The fourth-order valence-electron chi connectivity index (χ4n) is 3.22. The van der Waals surface area contributed by atoms with E-state index in [9.17, 15) is 23.3 Å². The summed E-state index contributed by atoms with van der Waals surface area (Å²) in [5.41, 5.74) is 1.14. The maximum atomic E-state index is 12.5. The highest BCUT2D eigenvalue weighted by atomic mass is 32.2. The molecule has 0 aliphatic carbocycles. The number of anilines is 2. The van der Waals surface area contributed by atoms with Crippen molar-refractivity contribution in [3.63, 3.8) is 0 Å². The van der Waals surface area contributed by atoms with Gasteiger partial charge in [-0.3, -0.25) is 14.9 Å². The molecule has 0 saturated carbocycles. The molecule has 2 aromatic carbocycles. The molecule has 0 unspecified atom stereocenters. The summed E-state index contributed by atoms with van der Waals surface area (Å²) in [6, 6.07) is 8.64. The van der Waals surface area contributed by atoms with Crippen molar-refractivity contribution in [3.8, 4) is 0 Å². The predicted molar refractivity (Wildman–Crippen MR) is 105 cm³/mol. The number of carbonyl (C=O) groups is 1. The molecule has 1 fully saturated rings. The van der Waals surface area contributed by atoms with Crippen LogP contribution in [0.3, 0.4) is 0 Å². The van der Waals surface area contributed by atoms with Gasteiger partial charge in [-0.1, -0.05) is 6.07 Å². The zero-order valence-corrected chi connectivity index (χ0v) is 16.0. The fourth-order valence-corrected chi connectivity index (χ4v) is 4.03. The van der Waals surface area contributed by atoms with Crippen molar-refractivity contribution in [1.29, 1.82) is 0 Å². The summed E-state index contributed by atoms with van der Waals surface area (Å²) in [7, 11) is -3.94. The van der Waals surface area contributed by atoms with Crippen LogP contribution in [0.15, 0.2) is 41.3 Å². The van der Waals surface area contributed by atoms with Gasteiger partial charge in [0, 0.05) is 30.4 Å². The van der Waals surface area contributed by atoms with E-state index in [0.717, 1.165) is 25.9 Å². The molecular formula is C18H20N4O5S.